The lowest BCUT2D eigenvalue weighted by Gasteiger charge is -2.30. The molecule has 1 nitrogen and oxygen atoms in total. The third-order valence-corrected chi connectivity index (χ3v) is 3.27. The largest absolute Gasteiger partial charge is 0.321 e. The van der Waals surface area contributed by atoms with Gasteiger partial charge in [-0.1, -0.05) is 55.8 Å². The molecule has 17 heavy (non-hydrogen) atoms. The van der Waals surface area contributed by atoms with Crippen molar-refractivity contribution in [2.45, 2.75) is 51.5 Å². The van der Waals surface area contributed by atoms with Crippen molar-refractivity contribution in [2.24, 2.45) is 5.73 Å². The Hall–Kier alpha value is -1.08. The van der Waals surface area contributed by atoms with Gasteiger partial charge in [-0.25, -0.2) is 0 Å². The van der Waals surface area contributed by atoms with Gasteiger partial charge in [0.2, 0.25) is 0 Å². The van der Waals surface area contributed by atoms with Crippen LogP contribution in [0.1, 0.15) is 51.5 Å². The topological polar surface area (TPSA) is 26.0 Å². The first-order chi connectivity index (χ1) is 8.23. The van der Waals surface area contributed by atoms with Crippen LogP contribution in [-0.2, 0) is 5.54 Å². The first-order valence-corrected chi connectivity index (χ1v) is 6.68. The Morgan fingerprint density at radius 3 is 2.47 bits per heavy atom. The number of allylic oxidation sites excluding steroid dienone is 2. The van der Waals surface area contributed by atoms with E-state index in [1.807, 2.05) is 0 Å². The number of hydrogen-bond donors (Lipinski definition) is 1. The molecule has 0 saturated carbocycles. The fraction of sp³-hybridized carbons (Fsp3) is 0.500. The molecule has 1 rings (SSSR count). The minimum absolute atomic E-state index is 0.141. The summed E-state index contributed by atoms with van der Waals surface area (Å²) >= 11 is 0. The van der Waals surface area contributed by atoms with Crippen molar-refractivity contribution in [1.29, 1.82) is 0 Å². The standard InChI is InChI=1S/C16H25N/c1-3-5-6-10-14-16(17,13-4-2)15-11-8-7-9-12-15/h3,5,7-9,11-12H,4,6,10,13-14,17H2,1-2H3/b5-3-. The summed E-state index contributed by atoms with van der Waals surface area (Å²) < 4.78 is 0. The van der Waals surface area contributed by atoms with Crippen molar-refractivity contribution in [2.75, 3.05) is 0 Å². The van der Waals surface area contributed by atoms with Crippen molar-refractivity contribution in [3.05, 3.63) is 48.0 Å². The van der Waals surface area contributed by atoms with Crippen molar-refractivity contribution in [3.8, 4) is 0 Å². The Labute approximate surface area is 106 Å². The molecule has 1 aromatic rings. The fourth-order valence-corrected chi connectivity index (χ4v) is 2.33. The maximum absolute atomic E-state index is 6.59. The molecule has 0 saturated heterocycles. The van der Waals surface area contributed by atoms with Crippen LogP contribution in [0.15, 0.2) is 42.5 Å². The van der Waals surface area contributed by atoms with Crippen molar-refractivity contribution in [1.82, 2.24) is 0 Å². The Kier molecular flexibility index (Phi) is 5.99. The fourth-order valence-electron chi connectivity index (χ4n) is 2.33. The molecule has 1 aromatic carbocycles. The lowest BCUT2D eigenvalue weighted by atomic mass is 9.82. The lowest BCUT2D eigenvalue weighted by molar-refractivity contribution is 0.364. The van der Waals surface area contributed by atoms with Crippen LogP contribution in [0.25, 0.3) is 0 Å². The van der Waals surface area contributed by atoms with E-state index in [1.165, 1.54) is 5.56 Å². The molecule has 1 heteroatoms. The van der Waals surface area contributed by atoms with Gasteiger partial charge in [-0.3, -0.25) is 0 Å². The van der Waals surface area contributed by atoms with Gasteiger partial charge in [0.05, 0.1) is 0 Å². The first kappa shape index (κ1) is 14.0. The number of hydrogen-bond acceptors (Lipinski definition) is 1. The second-order valence-corrected chi connectivity index (χ2v) is 4.73. The van der Waals surface area contributed by atoms with Gasteiger partial charge in [-0.2, -0.15) is 0 Å². The van der Waals surface area contributed by atoms with Gasteiger partial charge < -0.3 is 5.73 Å². The maximum atomic E-state index is 6.59. The second-order valence-electron chi connectivity index (χ2n) is 4.73. The molecule has 0 aromatic heterocycles. The highest BCUT2D eigenvalue weighted by atomic mass is 14.7. The minimum Gasteiger partial charge on any atom is -0.321 e. The number of unbranched alkanes of at least 4 members (excludes halogenated alkanes) is 1. The van der Waals surface area contributed by atoms with Crippen LogP contribution in [0.2, 0.25) is 0 Å². The smallest absolute Gasteiger partial charge is 0.0409 e. The van der Waals surface area contributed by atoms with Gasteiger partial charge in [0, 0.05) is 5.54 Å². The Morgan fingerprint density at radius 1 is 1.18 bits per heavy atom. The van der Waals surface area contributed by atoms with Crippen LogP contribution in [0.4, 0.5) is 0 Å². The molecule has 94 valence electrons. The summed E-state index contributed by atoms with van der Waals surface area (Å²) in [6.07, 6.45) is 9.89. The third kappa shape index (κ3) is 4.35. The summed E-state index contributed by atoms with van der Waals surface area (Å²) in [7, 11) is 0. The van der Waals surface area contributed by atoms with Gasteiger partial charge in [0.25, 0.3) is 0 Å². The van der Waals surface area contributed by atoms with Crippen LogP contribution in [0.5, 0.6) is 0 Å². The van der Waals surface area contributed by atoms with E-state index in [-0.39, 0.29) is 5.54 Å². The van der Waals surface area contributed by atoms with Crippen LogP contribution in [0.3, 0.4) is 0 Å². The summed E-state index contributed by atoms with van der Waals surface area (Å²) in [6, 6.07) is 10.5. The molecular formula is C16H25N. The van der Waals surface area contributed by atoms with E-state index in [4.69, 9.17) is 5.73 Å². The third-order valence-electron chi connectivity index (χ3n) is 3.27. The number of nitrogens with two attached hydrogens (primary N) is 1. The van der Waals surface area contributed by atoms with E-state index in [9.17, 15) is 0 Å². The first-order valence-electron chi connectivity index (χ1n) is 6.68. The summed E-state index contributed by atoms with van der Waals surface area (Å²) in [4.78, 5) is 0. The molecule has 1 atom stereocenters. The zero-order chi connectivity index (χ0) is 12.6. The highest BCUT2D eigenvalue weighted by molar-refractivity contribution is 5.23. The summed E-state index contributed by atoms with van der Waals surface area (Å²) in [5, 5.41) is 0. The van der Waals surface area contributed by atoms with E-state index < -0.39 is 0 Å². The molecule has 2 N–H and O–H groups in total. The zero-order valence-electron chi connectivity index (χ0n) is 11.2. The zero-order valence-corrected chi connectivity index (χ0v) is 11.2. The van der Waals surface area contributed by atoms with E-state index in [0.717, 1.165) is 32.1 Å². The number of benzene rings is 1. The maximum Gasteiger partial charge on any atom is 0.0409 e. The molecule has 0 aliphatic carbocycles. The van der Waals surface area contributed by atoms with Crippen molar-refractivity contribution >= 4 is 0 Å². The molecule has 0 aliphatic rings. The van der Waals surface area contributed by atoms with Gasteiger partial charge in [0.15, 0.2) is 0 Å². The van der Waals surface area contributed by atoms with E-state index in [1.54, 1.807) is 0 Å². The van der Waals surface area contributed by atoms with Crippen LogP contribution < -0.4 is 5.73 Å². The lowest BCUT2D eigenvalue weighted by Crippen LogP contribution is -2.36. The highest BCUT2D eigenvalue weighted by Crippen LogP contribution is 2.29. The van der Waals surface area contributed by atoms with Gasteiger partial charge in [-0.05, 0) is 38.2 Å². The molecule has 0 amide bonds. The molecular weight excluding hydrogens is 206 g/mol. The van der Waals surface area contributed by atoms with Gasteiger partial charge in [-0.15, -0.1) is 0 Å². The van der Waals surface area contributed by atoms with Gasteiger partial charge >= 0.3 is 0 Å². The average Bonchev–Trinajstić information content (AvgIpc) is 2.36. The van der Waals surface area contributed by atoms with Crippen LogP contribution >= 0.6 is 0 Å². The monoisotopic (exact) mass is 231 g/mol. The van der Waals surface area contributed by atoms with Crippen LogP contribution in [-0.4, -0.2) is 0 Å². The SMILES string of the molecule is C/C=C\CCCC(N)(CCC)c1ccccc1. The number of rotatable bonds is 7. The quantitative estimate of drug-likeness (QED) is 0.546. The van der Waals surface area contributed by atoms with Gasteiger partial charge in [0.1, 0.15) is 0 Å². The Bertz CT molecular complexity index is 329. The van der Waals surface area contributed by atoms with E-state index in [2.05, 4.69) is 56.3 Å². The Morgan fingerprint density at radius 2 is 1.88 bits per heavy atom. The minimum atomic E-state index is -0.141. The summed E-state index contributed by atoms with van der Waals surface area (Å²) in [6.45, 7) is 4.27. The molecule has 1 unspecified atom stereocenters. The second kappa shape index (κ2) is 7.29. The summed E-state index contributed by atoms with van der Waals surface area (Å²) in [5.74, 6) is 0. The molecule has 0 radical (unpaired) electrons. The highest BCUT2D eigenvalue weighted by Gasteiger charge is 2.25. The normalized spacial score (nSPS) is 15.0. The predicted octanol–water partition coefficient (Wildman–Crippen LogP) is 4.39. The molecule has 0 bridgehead atoms. The molecule has 0 spiro atoms. The van der Waals surface area contributed by atoms with Crippen molar-refractivity contribution < 1.29 is 0 Å². The molecule has 0 fully saturated rings. The van der Waals surface area contributed by atoms with E-state index in [0.29, 0.717) is 0 Å². The summed E-state index contributed by atoms with van der Waals surface area (Å²) in [5.41, 5.74) is 7.73. The Balaban J connectivity index is 2.68. The average molecular weight is 231 g/mol. The van der Waals surface area contributed by atoms with E-state index >= 15 is 0 Å². The molecule has 0 heterocycles. The van der Waals surface area contributed by atoms with Crippen molar-refractivity contribution in [3.63, 3.8) is 0 Å². The molecule has 0 aliphatic heterocycles. The van der Waals surface area contributed by atoms with Crippen LogP contribution in [0, 0.1) is 0 Å². The predicted molar refractivity (Wildman–Crippen MR) is 75.9 cm³/mol.